The molecule has 2 heterocycles. The molecule has 0 saturated carbocycles. The van der Waals surface area contributed by atoms with E-state index >= 15 is 0 Å². The third kappa shape index (κ3) is 1.72. The van der Waals surface area contributed by atoms with Gasteiger partial charge in [-0.25, -0.2) is 0 Å². The van der Waals surface area contributed by atoms with E-state index < -0.39 is 5.60 Å². The molecule has 82 valence electrons. The Hall–Kier alpha value is -1.09. The second-order valence-corrected chi connectivity index (χ2v) is 5.36. The average Bonchev–Trinajstić information content (AvgIpc) is 2.41. The van der Waals surface area contributed by atoms with E-state index in [0.717, 1.165) is 5.69 Å². The summed E-state index contributed by atoms with van der Waals surface area (Å²) in [6.07, 6.45) is 0. The predicted molar refractivity (Wildman–Crippen MR) is 58.0 cm³/mol. The largest absolute Gasteiger partial charge is 0.488 e. The Kier molecular flexibility index (Phi) is 2.05. The summed E-state index contributed by atoms with van der Waals surface area (Å²) < 4.78 is 5.37. The number of aromatic nitrogens is 1. The van der Waals surface area contributed by atoms with Crippen molar-refractivity contribution in [2.75, 3.05) is 6.61 Å². The molecule has 0 bridgehead atoms. The molecule has 0 amide bonds. The first-order chi connectivity index (χ1) is 6.81. The molecule has 0 radical (unpaired) electrons. The molecule has 1 aliphatic heterocycles. The van der Waals surface area contributed by atoms with Gasteiger partial charge in [0.05, 0.1) is 0 Å². The lowest BCUT2D eigenvalue weighted by Gasteiger charge is -2.20. The Labute approximate surface area is 90.1 Å². The van der Waals surface area contributed by atoms with Crippen LogP contribution < -0.4 is 4.74 Å². The van der Waals surface area contributed by atoms with E-state index in [0.29, 0.717) is 18.1 Å². The summed E-state index contributed by atoms with van der Waals surface area (Å²) in [5, 5.41) is 10.0. The van der Waals surface area contributed by atoms with Crippen molar-refractivity contribution in [1.82, 2.24) is 4.98 Å². The normalized spacial score (nSPS) is 24.9. The Morgan fingerprint density at radius 3 is 2.67 bits per heavy atom. The van der Waals surface area contributed by atoms with E-state index in [1.165, 1.54) is 0 Å². The second kappa shape index (κ2) is 2.95. The molecular weight excluding hydrogens is 190 g/mol. The number of nitrogens with zero attached hydrogens (tertiary/aromatic N) is 1. The first-order valence-corrected chi connectivity index (χ1v) is 5.18. The lowest BCUT2D eigenvalue weighted by Crippen LogP contribution is -2.25. The maximum atomic E-state index is 10.0. The number of hydrogen-bond donors (Lipinski definition) is 1. The standard InChI is InChI=1S/C12H17NO2/c1-11(2,3)9-6-5-8-10(13-9)12(4,14)7-15-8/h5-6,14H,7H2,1-4H3. The van der Waals surface area contributed by atoms with Gasteiger partial charge in [0.15, 0.2) is 0 Å². The second-order valence-electron chi connectivity index (χ2n) is 5.36. The molecule has 0 aliphatic carbocycles. The van der Waals surface area contributed by atoms with E-state index in [-0.39, 0.29) is 5.41 Å². The van der Waals surface area contributed by atoms with Gasteiger partial charge in [0.1, 0.15) is 23.7 Å². The lowest BCUT2D eigenvalue weighted by atomic mass is 9.91. The molecule has 1 aromatic heterocycles. The van der Waals surface area contributed by atoms with Crippen LogP contribution in [-0.4, -0.2) is 16.7 Å². The van der Waals surface area contributed by atoms with Crippen molar-refractivity contribution in [2.45, 2.75) is 38.7 Å². The molecule has 2 rings (SSSR count). The van der Waals surface area contributed by atoms with Gasteiger partial charge in [-0.05, 0) is 19.1 Å². The van der Waals surface area contributed by atoms with E-state index in [1.54, 1.807) is 6.92 Å². The maximum Gasteiger partial charge on any atom is 0.144 e. The molecule has 1 aliphatic rings. The molecule has 15 heavy (non-hydrogen) atoms. The van der Waals surface area contributed by atoms with Crippen LogP contribution in [0.15, 0.2) is 12.1 Å². The minimum atomic E-state index is -0.948. The number of pyridine rings is 1. The highest BCUT2D eigenvalue weighted by atomic mass is 16.5. The SMILES string of the molecule is CC(C)(C)c1ccc2c(n1)C(C)(O)CO2. The number of ether oxygens (including phenoxy) is 1. The number of hydrogen-bond acceptors (Lipinski definition) is 3. The highest BCUT2D eigenvalue weighted by Gasteiger charge is 2.36. The molecule has 1 atom stereocenters. The van der Waals surface area contributed by atoms with Crippen molar-refractivity contribution in [3.8, 4) is 5.75 Å². The van der Waals surface area contributed by atoms with Gasteiger partial charge in [-0.15, -0.1) is 0 Å². The smallest absolute Gasteiger partial charge is 0.144 e. The number of rotatable bonds is 0. The van der Waals surface area contributed by atoms with Crippen molar-refractivity contribution in [3.63, 3.8) is 0 Å². The van der Waals surface area contributed by atoms with Crippen molar-refractivity contribution in [3.05, 3.63) is 23.5 Å². The molecule has 0 aromatic carbocycles. The van der Waals surface area contributed by atoms with Crippen LogP contribution in [0.4, 0.5) is 0 Å². The van der Waals surface area contributed by atoms with E-state index in [9.17, 15) is 5.11 Å². The minimum Gasteiger partial charge on any atom is -0.488 e. The van der Waals surface area contributed by atoms with Crippen molar-refractivity contribution in [1.29, 1.82) is 0 Å². The Balaban J connectivity index is 2.51. The molecule has 0 saturated heterocycles. The van der Waals surface area contributed by atoms with Crippen LogP contribution in [0.1, 0.15) is 39.1 Å². The predicted octanol–water partition coefficient (Wildman–Crippen LogP) is 1.98. The molecule has 3 heteroatoms. The van der Waals surface area contributed by atoms with Crippen LogP contribution in [-0.2, 0) is 11.0 Å². The summed E-state index contributed by atoms with van der Waals surface area (Å²) >= 11 is 0. The Morgan fingerprint density at radius 2 is 2.07 bits per heavy atom. The van der Waals surface area contributed by atoms with Crippen LogP contribution in [0.2, 0.25) is 0 Å². The van der Waals surface area contributed by atoms with Gasteiger partial charge in [0, 0.05) is 11.1 Å². The quantitative estimate of drug-likeness (QED) is 0.707. The van der Waals surface area contributed by atoms with Crippen LogP contribution in [0.3, 0.4) is 0 Å². The lowest BCUT2D eigenvalue weighted by molar-refractivity contribution is 0.0319. The Bertz CT molecular complexity index is 391. The summed E-state index contributed by atoms with van der Waals surface area (Å²) in [6, 6.07) is 3.85. The van der Waals surface area contributed by atoms with E-state index in [1.807, 2.05) is 12.1 Å². The zero-order valence-corrected chi connectivity index (χ0v) is 9.66. The first kappa shape index (κ1) is 10.4. The van der Waals surface area contributed by atoms with Crippen LogP contribution >= 0.6 is 0 Å². The van der Waals surface area contributed by atoms with Gasteiger partial charge in [-0.2, -0.15) is 0 Å². The number of fused-ring (bicyclic) bond motifs is 1. The summed E-state index contributed by atoms with van der Waals surface area (Å²) in [5.74, 6) is 0.702. The van der Waals surface area contributed by atoms with Crippen LogP contribution in [0.25, 0.3) is 0 Å². The van der Waals surface area contributed by atoms with E-state index in [2.05, 4.69) is 25.8 Å². The molecule has 1 N–H and O–H groups in total. The van der Waals surface area contributed by atoms with Gasteiger partial charge in [-0.3, -0.25) is 4.98 Å². The molecular formula is C12H17NO2. The summed E-state index contributed by atoms with van der Waals surface area (Å²) in [4.78, 5) is 4.50. The van der Waals surface area contributed by atoms with Gasteiger partial charge < -0.3 is 9.84 Å². The monoisotopic (exact) mass is 207 g/mol. The topological polar surface area (TPSA) is 42.4 Å². The zero-order chi connectivity index (χ0) is 11.3. The molecule has 0 spiro atoms. The summed E-state index contributed by atoms with van der Waals surface area (Å²) in [7, 11) is 0. The fraction of sp³-hybridized carbons (Fsp3) is 0.583. The average molecular weight is 207 g/mol. The molecule has 1 unspecified atom stereocenters. The van der Waals surface area contributed by atoms with Crippen LogP contribution in [0.5, 0.6) is 5.75 Å². The van der Waals surface area contributed by atoms with Gasteiger partial charge >= 0.3 is 0 Å². The fourth-order valence-electron chi connectivity index (χ4n) is 1.65. The van der Waals surface area contributed by atoms with E-state index in [4.69, 9.17) is 4.74 Å². The molecule has 0 fully saturated rings. The Morgan fingerprint density at radius 1 is 1.40 bits per heavy atom. The highest BCUT2D eigenvalue weighted by Crippen LogP contribution is 2.36. The van der Waals surface area contributed by atoms with Crippen LogP contribution in [0, 0.1) is 0 Å². The van der Waals surface area contributed by atoms with Crippen molar-refractivity contribution >= 4 is 0 Å². The third-order valence-electron chi connectivity index (χ3n) is 2.65. The van der Waals surface area contributed by atoms with Gasteiger partial charge in [0.25, 0.3) is 0 Å². The summed E-state index contributed by atoms with van der Waals surface area (Å²) in [5.41, 5.74) is 0.687. The van der Waals surface area contributed by atoms with Gasteiger partial charge in [-0.1, -0.05) is 20.8 Å². The molecule has 1 aromatic rings. The highest BCUT2D eigenvalue weighted by molar-refractivity contribution is 5.38. The third-order valence-corrected chi connectivity index (χ3v) is 2.65. The number of aliphatic hydroxyl groups is 1. The first-order valence-electron chi connectivity index (χ1n) is 5.18. The summed E-state index contributed by atoms with van der Waals surface area (Å²) in [6.45, 7) is 8.34. The molecule has 3 nitrogen and oxygen atoms in total. The zero-order valence-electron chi connectivity index (χ0n) is 9.66. The van der Waals surface area contributed by atoms with Crippen molar-refractivity contribution in [2.24, 2.45) is 0 Å². The fourth-order valence-corrected chi connectivity index (χ4v) is 1.65. The van der Waals surface area contributed by atoms with Gasteiger partial charge in [0.2, 0.25) is 0 Å². The van der Waals surface area contributed by atoms with Crippen molar-refractivity contribution < 1.29 is 9.84 Å². The maximum absolute atomic E-state index is 10.0. The minimum absolute atomic E-state index is 0.00625.